The Morgan fingerprint density at radius 2 is 0.824 bits per heavy atom. The zero-order valence-corrected chi connectivity index (χ0v) is 29.3. The van der Waals surface area contributed by atoms with E-state index in [1.807, 2.05) is 0 Å². The molecule has 10 aromatic rings. The average molecular weight is 716 g/mol. The van der Waals surface area contributed by atoms with Crippen LogP contribution in [0.4, 0.5) is 0 Å². The van der Waals surface area contributed by atoms with Crippen molar-refractivity contribution in [2.75, 3.05) is 0 Å². The first kappa shape index (κ1) is 29.7. The lowest BCUT2D eigenvalue weighted by atomic mass is 9.91. The SMILES string of the molecule is Brc1ccc(-c2cc(-c3ccc4c5ccccc5n(-c5ccccc5)c4c3)cc(-c3cccc4c3c3ccccc3n4-c3ccccc3)c2)cc1. The van der Waals surface area contributed by atoms with E-state index in [0.717, 1.165) is 15.8 Å². The molecule has 0 fully saturated rings. The first-order valence-corrected chi connectivity index (χ1v) is 18.1. The molecule has 2 aromatic heterocycles. The molecule has 2 nitrogen and oxygen atoms in total. The van der Waals surface area contributed by atoms with Crippen LogP contribution in [0.1, 0.15) is 0 Å². The summed E-state index contributed by atoms with van der Waals surface area (Å²) in [4.78, 5) is 0. The van der Waals surface area contributed by atoms with Crippen LogP contribution in [0.25, 0.3) is 88.4 Å². The molecule has 0 spiro atoms. The molecule has 0 saturated heterocycles. The quantitative estimate of drug-likeness (QED) is 0.168. The molecule has 0 radical (unpaired) electrons. The molecule has 0 atom stereocenters. The van der Waals surface area contributed by atoms with Crippen LogP contribution < -0.4 is 0 Å². The van der Waals surface area contributed by atoms with Crippen LogP contribution in [-0.2, 0) is 0 Å². The number of hydrogen-bond donors (Lipinski definition) is 0. The monoisotopic (exact) mass is 714 g/mol. The van der Waals surface area contributed by atoms with Crippen LogP contribution in [0.3, 0.4) is 0 Å². The topological polar surface area (TPSA) is 9.86 Å². The minimum Gasteiger partial charge on any atom is -0.309 e. The fourth-order valence-electron chi connectivity index (χ4n) is 7.88. The molecule has 0 aliphatic rings. The zero-order chi connectivity index (χ0) is 33.9. The maximum absolute atomic E-state index is 3.65. The van der Waals surface area contributed by atoms with E-state index in [-0.39, 0.29) is 0 Å². The highest BCUT2D eigenvalue weighted by Crippen LogP contribution is 2.42. The number of halogens is 1. The van der Waals surface area contributed by atoms with Gasteiger partial charge in [-0.1, -0.05) is 125 Å². The van der Waals surface area contributed by atoms with Crippen LogP contribution in [-0.4, -0.2) is 9.13 Å². The first-order valence-electron chi connectivity index (χ1n) is 17.3. The van der Waals surface area contributed by atoms with Crippen LogP contribution in [0.2, 0.25) is 0 Å². The van der Waals surface area contributed by atoms with E-state index in [4.69, 9.17) is 0 Å². The number of benzene rings is 8. The summed E-state index contributed by atoms with van der Waals surface area (Å²) in [5.41, 5.74) is 14.3. The predicted octanol–water partition coefficient (Wildman–Crippen LogP) is 13.6. The van der Waals surface area contributed by atoms with E-state index in [9.17, 15) is 0 Å². The third kappa shape index (κ3) is 4.92. The smallest absolute Gasteiger partial charge is 0.0547 e. The van der Waals surface area contributed by atoms with Crippen molar-refractivity contribution in [3.05, 3.63) is 193 Å². The summed E-state index contributed by atoms with van der Waals surface area (Å²) >= 11 is 3.65. The second-order valence-electron chi connectivity index (χ2n) is 13.1. The number of aromatic nitrogens is 2. The van der Waals surface area contributed by atoms with Crippen molar-refractivity contribution in [2.24, 2.45) is 0 Å². The Morgan fingerprint density at radius 3 is 1.53 bits per heavy atom. The van der Waals surface area contributed by atoms with Gasteiger partial charge in [-0.25, -0.2) is 0 Å². The Morgan fingerprint density at radius 1 is 0.314 bits per heavy atom. The number of nitrogens with zero attached hydrogens (tertiary/aromatic N) is 2. The molecular weight excluding hydrogens is 684 g/mol. The van der Waals surface area contributed by atoms with Gasteiger partial charge in [-0.2, -0.15) is 0 Å². The van der Waals surface area contributed by atoms with Crippen molar-refractivity contribution in [3.63, 3.8) is 0 Å². The summed E-state index contributed by atoms with van der Waals surface area (Å²) in [6.45, 7) is 0. The van der Waals surface area contributed by atoms with Crippen molar-refractivity contribution >= 4 is 59.5 Å². The Hall–Kier alpha value is -6.16. The van der Waals surface area contributed by atoms with Crippen LogP contribution in [0.15, 0.2) is 193 Å². The maximum atomic E-state index is 3.65. The number of hydrogen-bond acceptors (Lipinski definition) is 0. The Balaban J connectivity index is 1.25. The van der Waals surface area contributed by atoms with Gasteiger partial charge in [0.05, 0.1) is 22.1 Å². The molecule has 0 aliphatic carbocycles. The van der Waals surface area contributed by atoms with E-state index in [1.165, 1.54) is 77.0 Å². The zero-order valence-electron chi connectivity index (χ0n) is 27.7. The van der Waals surface area contributed by atoms with Crippen LogP contribution >= 0.6 is 15.9 Å². The van der Waals surface area contributed by atoms with E-state index >= 15 is 0 Å². The Labute approximate surface area is 304 Å². The molecule has 10 rings (SSSR count). The summed E-state index contributed by atoms with van der Waals surface area (Å²) in [6, 6.07) is 68.3. The van der Waals surface area contributed by atoms with E-state index < -0.39 is 0 Å². The third-order valence-corrected chi connectivity index (χ3v) is 10.7. The summed E-state index contributed by atoms with van der Waals surface area (Å²) < 4.78 is 5.86. The predicted molar refractivity (Wildman–Crippen MR) is 219 cm³/mol. The van der Waals surface area contributed by atoms with Crippen LogP contribution in [0.5, 0.6) is 0 Å². The highest BCUT2D eigenvalue weighted by Gasteiger charge is 2.18. The normalized spacial score (nSPS) is 11.6. The average Bonchev–Trinajstić information content (AvgIpc) is 3.71. The number of fused-ring (bicyclic) bond motifs is 6. The van der Waals surface area contributed by atoms with Crippen LogP contribution in [0, 0.1) is 0 Å². The lowest BCUT2D eigenvalue weighted by Crippen LogP contribution is -1.93. The molecule has 0 bridgehead atoms. The van der Waals surface area contributed by atoms with Gasteiger partial charge >= 0.3 is 0 Å². The standard InChI is InChI=1S/C48H31BrN2/c49-37-25-22-32(23-26-37)34-28-35(33-24-27-42-41-16-7-9-19-44(41)51(47(42)31-33)39-14-5-2-6-15-39)30-36(29-34)40-18-11-21-46-48(40)43-17-8-10-20-45(43)50(46)38-12-3-1-4-13-38/h1-31H. The summed E-state index contributed by atoms with van der Waals surface area (Å²) in [5.74, 6) is 0. The lowest BCUT2D eigenvalue weighted by Gasteiger charge is -2.14. The number of rotatable bonds is 5. The van der Waals surface area contributed by atoms with Gasteiger partial charge in [0, 0.05) is 37.4 Å². The van der Waals surface area contributed by atoms with Gasteiger partial charge in [-0.3, -0.25) is 0 Å². The highest BCUT2D eigenvalue weighted by molar-refractivity contribution is 9.10. The molecule has 0 N–H and O–H groups in total. The summed E-state index contributed by atoms with van der Waals surface area (Å²) in [7, 11) is 0. The summed E-state index contributed by atoms with van der Waals surface area (Å²) in [5, 5.41) is 5.02. The van der Waals surface area contributed by atoms with Crippen molar-refractivity contribution in [2.45, 2.75) is 0 Å². The Kier molecular flexibility index (Phi) is 7.00. The summed E-state index contributed by atoms with van der Waals surface area (Å²) in [6.07, 6.45) is 0. The molecule has 0 amide bonds. The van der Waals surface area contributed by atoms with Gasteiger partial charge in [0.2, 0.25) is 0 Å². The van der Waals surface area contributed by atoms with Crippen molar-refractivity contribution in [1.29, 1.82) is 0 Å². The van der Waals surface area contributed by atoms with E-state index in [2.05, 4.69) is 213 Å². The van der Waals surface area contributed by atoms with Gasteiger partial charge in [0.15, 0.2) is 0 Å². The van der Waals surface area contributed by atoms with Gasteiger partial charge in [0.25, 0.3) is 0 Å². The molecule has 2 heterocycles. The van der Waals surface area contributed by atoms with Gasteiger partial charge in [0.1, 0.15) is 0 Å². The fraction of sp³-hybridized carbons (Fsp3) is 0. The van der Waals surface area contributed by atoms with Gasteiger partial charge in [-0.05, 0) is 112 Å². The Bertz CT molecular complexity index is 2900. The third-order valence-electron chi connectivity index (χ3n) is 10.2. The number of para-hydroxylation sites is 4. The van der Waals surface area contributed by atoms with Crippen molar-refractivity contribution in [1.82, 2.24) is 9.13 Å². The van der Waals surface area contributed by atoms with Crippen molar-refractivity contribution in [3.8, 4) is 44.8 Å². The largest absolute Gasteiger partial charge is 0.309 e. The minimum absolute atomic E-state index is 1.07. The second kappa shape index (κ2) is 12.0. The molecule has 0 unspecified atom stereocenters. The lowest BCUT2D eigenvalue weighted by molar-refractivity contribution is 1.18. The van der Waals surface area contributed by atoms with E-state index in [1.54, 1.807) is 0 Å². The van der Waals surface area contributed by atoms with Crippen molar-refractivity contribution < 1.29 is 0 Å². The first-order chi connectivity index (χ1) is 25.2. The van der Waals surface area contributed by atoms with E-state index in [0.29, 0.717) is 0 Å². The molecule has 0 aliphatic heterocycles. The fourth-order valence-corrected chi connectivity index (χ4v) is 8.14. The van der Waals surface area contributed by atoms with Gasteiger partial charge < -0.3 is 9.13 Å². The highest BCUT2D eigenvalue weighted by atomic mass is 79.9. The second-order valence-corrected chi connectivity index (χ2v) is 14.0. The molecule has 8 aromatic carbocycles. The molecule has 51 heavy (non-hydrogen) atoms. The molecule has 0 saturated carbocycles. The molecule has 240 valence electrons. The van der Waals surface area contributed by atoms with Gasteiger partial charge in [-0.15, -0.1) is 0 Å². The minimum atomic E-state index is 1.07. The molecular formula is C48H31BrN2. The maximum Gasteiger partial charge on any atom is 0.0547 e. The molecule has 3 heteroatoms.